The Bertz CT molecular complexity index is 807. The molecule has 0 radical (unpaired) electrons. The summed E-state index contributed by atoms with van der Waals surface area (Å²) in [4.78, 5) is 19.0. The van der Waals surface area contributed by atoms with Gasteiger partial charge in [-0.05, 0) is 38.8 Å². The van der Waals surface area contributed by atoms with E-state index in [1.807, 2.05) is 49.7 Å². The number of pyridine rings is 1. The van der Waals surface area contributed by atoms with Crippen LogP contribution in [0.15, 0.2) is 18.5 Å². The first-order valence-electron chi connectivity index (χ1n) is 9.72. The smallest absolute Gasteiger partial charge is 0.225 e. The summed E-state index contributed by atoms with van der Waals surface area (Å²) in [6, 6.07) is 1.91. The molecule has 2 aromatic rings. The molecule has 1 atom stereocenters. The quantitative estimate of drug-likeness (QED) is 0.812. The van der Waals surface area contributed by atoms with Crippen molar-refractivity contribution in [1.82, 2.24) is 19.7 Å². The minimum absolute atomic E-state index is 0.0356. The average Bonchev–Trinajstić information content (AvgIpc) is 2.89. The van der Waals surface area contributed by atoms with Crippen LogP contribution < -0.4 is 4.74 Å². The zero-order chi connectivity index (χ0) is 19.6. The zero-order valence-corrected chi connectivity index (χ0v) is 17.0. The number of piperidine rings is 1. The van der Waals surface area contributed by atoms with Gasteiger partial charge in [0, 0.05) is 62.5 Å². The Kier molecular flexibility index (Phi) is 5.82. The highest BCUT2D eigenvalue weighted by atomic mass is 16.5. The van der Waals surface area contributed by atoms with E-state index in [1.54, 1.807) is 6.20 Å². The van der Waals surface area contributed by atoms with Gasteiger partial charge in [-0.3, -0.25) is 14.5 Å². The van der Waals surface area contributed by atoms with Gasteiger partial charge < -0.3 is 9.64 Å². The molecule has 2 aromatic heterocycles. The molecule has 0 aromatic carbocycles. The lowest BCUT2D eigenvalue weighted by atomic mass is 9.97. The second kappa shape index (κ2) is 8.11. The third-order valence-corrected chi connectivity index (χ3v) is 5.61. The first-order valence-corrected chi connectivity index (χ1v) is 9.72. The predicted octanol–water partition coefficient (Wildman–Crippen LogP) is 2.99. The van der Waals surface area contributed by atoms with Crippen molar-refractivity contribution < 1.29 is 9.53 Å². The Morgan fingerprint density at radius 2 is 2.00 bits per heavy atom. The number of nitrogens with zero attached hydrogens (tertiary/aromatic N) is 4. The van der Waals surface area contributed by atoms with Gasteiger partial charge in [0.15, 0.2) is 0 Å². The highest BCUT2D eigenvalue weighted by Gasteiger charge is 2.28. The largest absolute Gasteiger partial charge is 0.490 e. The van der Waals surface area contributed by atoms with Crippen molar-refractivity contribution in [3.05, 3.63) is 41.0 Å². The Hall–Kier alpha value is -2.37. The monoisotopic (exact) mass is 370 g/mol. The lowest BCUT2D eigenvalue weighted by molar-refractivity contribution is -0.136. The normalized spacial score (nSPS) is 16.4. The molecule has 0 unspecified atom stereocenters. The van der Waals surface area contributed by atoms with Crippen LogP contribution in [0, 0.1) is 26.7 Å². The maximum Gasteiger partial charge on any atom is 0.225 e. The van der Waals surface area contributed by atoms with Crippen LogP contribution in [0.3, 0.4) is 0 Å². The maximum atomic E-state index is 12.9. The molecular formula is C21H30N4O2. The number of likely N-dealkylation sites (tertiary alicyclic amines) is 1. The van der Waals surface area contributed by atoms with E-state index in [1.165, 1.54) is 5.56 Å². The number of amides is 1. The van der Waals surface area contributed by atoms with Crippen molar-refractivity contribution in [2.24, 2.45) is 13.0 Å². The number of hydrogen-bond acceptors (Lipinski definition) is 4. The van der Waals surface area contributed by atoms with Gasteiger partial charge in [0.25, 0.3) is 0 Å². The number of aromatic nitrogens is 3. The van der Waals surface area contributed by atoms with E-state index in [-0.39, 0.29) is 17.9 Å². The molecule has 6 heteroatoms. The predicted molar refractivity (Wildman–Crippen MR) is 105 cm³/mol. The van der Waals surface area contributed by atoms with Gasteiger partial charge >= 0.3 is 0 Å². The summed E-state index contributed by atoms with van der Waals surface area (Å²) in [6.45, 7) is 9.62. The fourth-order valence-corrected chi connectivity index (χ4v) is 3.78. The van der Waals surface area contributed by atoms with Gasteiger partial charge in [0.1, 0.15) is 11.9 Å². The Morgan fingerprint density at radius 1 is 1.30 bits per heavy atom. The van der Waals surface area contributed by atoms with Gasteiger partial charge in [-0.1, -0.05) is 6.92 Å². The summed E-state index contributed by atoms with van der Waals surface area (Å²) < 4.78 is 8.01. The van der Waals surface area contributed by atoms with Crippen molar-refractivity contribution in [1.29, 1.82) is 0 Å². The third-order valence-electron chi connectivity index (χ3n) is 5.61. The molecule has 27 heavy (non-hydrogen) atoms. The minimum atomic E-state index is -0.0356. The number of hydrogen-bond donors (Lipinski definition) is 0. The lowest BCUT2D eigenvalue weighted by Gasteiger charge is -2.34. The zero-order valence-electron chi connectivity index (χ0n) is 17.0. The molecular weight excluding hydrogens is 340 g/mol. The fraction of sp³-hybridized carbons (Fsp3) is 0.571. The standard InChI is InChI=1S/C21H30N4O2/c1-14(12-19-16(3)23-24(5)17(19)4)21(26)25-10-7-18(8-11-25)27-20-6-9-22-13-15(20)2/h6,9,13-14,18H,7-8,10-12H2,1-5H3/t14-/m1/s1. The Balaban J connectivity index is 1.54. The lowest BCUT2D eigenvalue weighted by Crippen LogP contribution is -2.44. The van der Waals surface area contributed by atoms with Crippen LogP contribution >= 0.6 is 0 Å². The van der Waals surface area contributed by atoms with E-state index in [0.717, 1.165) is 55.1 Å². The minimum Gasteiger partial charge on any atom is -0.490 e. The van der Waals surface area contributed by atoms with Crippen LogP contribution in [0.4, 0.5) is 0 Å². The summed E-state index contributed by atoms with van der Waals surface area (Å²) >= 11 is 0. The molecule has 0 saturated carbocycles. The Morgan fingerprint density at radius 3 is 2.59 bits per heavy atom. The van der Waals surface area contributed by atoms with Crippen LogP contribution in [0.1, 0.15) is 42.3 Å². The fourth-order valence-electron chi connectivity index (χ4n) is 3.78. The number of carbonyl (C=O) groups excluding carboxylic acids is 1. The molecule has 1 saturated heterocycles. The van der Waals surface area contributed by atoms with Gasteiger partial charge in [-0.25, -0.2) is 0 Å². The first kappa shape index (κ1) is 19.4. The van der Waals surface area contributed by atoms with Crippen LogP contribution in [0.25, 0.3) is 0 Å². The topological polar surface area (TPSA) is 60.2 Å². The van der Waals surface area contributed by atoms with Gasteiger partial charge in [-0.2, -0.15) is 5.10 Å². The van der Waals surface area contributed by atoms with Crippen LogP contribution in [0.2, 0.25) is 0 Å². The van der Waals surface area contributed by atoms with Crippen LogP contribution in [0.5, 0.6) is 5.75 Å². The molecule has 0 bridgehead atoms. The summed E-state index contributed by atoms with van der Waals surface area (Å²) in [5, 5.41) is 4.46. The highest BCUT2D eigenvalue weighted by molar-refractivity contribution is 5.79. The second-order valence-corrected chi connectivity index (χ2v) is 7.66. The van der Waals surface area contributed by atoms with Gasteiger partial charge in [0.2, 0.25) is 5.91 Å². The molecule has 0 aliphatic carbocycles. The molecule has 0 N–H and O–H groups in total. The summed E-state index contributed by atoms with van der Waals surface area (Å²) in [6.07, 6.45) is 6.21. The van der Waals surface area contributed by atoms with Crippen molar-refractivity contribution in [2.75, 3.05) is 13.1 Å². The molecule has 1 aliphatic rings. The first-order chi connectivity index (χ1) is 12.9. The van der Waals surface area contributed by atoms with E-state index >= 15 is 0 Å². The molecule has 3 heterocycles. The number of ether oxygens (including phenoxy) is 1. The van der Waals surface area contributed by atoms with E-state index < -0.39 is 0 Å². The molecule has 1 amide bonds. The maximum absolute atomic E-state index is 12.9. The van der Waals surface area contributed by atoms with Gasteiger partial charge in [-0.15, -0.1) is 0 Å². The average molecular weight is 370 g/mol. The number of carbonyl (C=O) groups is 1. The molecule has 1 fully saturated rings. The van der Waals surface area contributed by atoms with Crippen LogP contribution in [-0.4, -0.2) is 44.8 Å². The Labute approximate surface area is 161 Å². The van der Waals surface area contributed by atoms with E-state index in [2.05, 4.69) is 17.0 Å². The molecule has 6 nitrogen and oxygen atoms in total. The summed E-state index contributed by atoms with van der Waals surface area (Å²) in [7, 11) is 1.95. The summed E-state index contributed by atoms with van der Waals surface area (Å²) in [5.41, 5.74) is 4.41. The second-order valence-electron chi connectivity index (χ2n) is 7.66. The van der Waals surface area contributed by atoms with Crippen molar-refractivity contribution >= 4 is 5.91 Å². The van der Waals surface area contributed by atoms with E-state index in [4.69, 9.17) is 4.74 Å². The van der Waals surface area contributed by atoms with Crippen molar-refractivity contribution in [3.63, 3.8) is 0 Å². The SMILES string of the molecule is Cc1cnccc1OC1CCN(C(=O)[C@H](C)Cc2c(C)nn(C)c2C)CC1. The molecule has 146 valence electrons. The van der Waals surface area contributed by atoms with Crippen molar-refractivity contribution in [2.45, 2.75) is 53.1 Å². The van der Waals surface area contributed by atoms with E-state index in [0.29, 0.717) is 0 Å². The molecule has 0 spiro atoms. The molecule has 1 aliphatic heterocycles. The number of rotatable bonds is 5. The highest BCUT2D eigenvalue weighted by Crippen LogP contribution is 2.23. The summed E-state index contributed by atoms with van der Waals surface area (Å²) in [5.74, 6) is 1.09. The van der Waals surface area contributed by atoms with E-state index in [9.17, 15) is 4.79 Å². The number of aryl methyl sites for hydroxylation is 3. The third kappa shape index (κ3) is 4.31. The van der Waals surface area contributed by atoms with Gasteiger partial charge in [0.05, 0.1) is 5.69 Å². The van der Waals surface area contributed by atoms with Crippen molar-refractivity contribution in [3.8, 4) is 5.75 Å². The molecule has 3 rings (SSSR count). The van der Waals surface area contributed by atoms with Crippen LogP contribution in [-0.2, 0) is 18.3 Å².